The Morgan fingerprint density at radius 3 is 2.19 bits per heavy atom. The molecule has 1 heterocycles. The summed E-state index contributed by atoms with van der Waals surface area (Å²) in [6.45, 7) is 15.7. The summed E-state index contributed by atoms with van der Waals surface area (Å²) in [5, 5.41) is 0.690. The number of nitrogens with zero attached hydrogens (tertiary/aromatic N) is 1. The maximum atomic E-state index is 13.1. The lowest BCUT2D eigenvalue weighted by Crippen LogP contribution is -2.34. The predicted octanol–water partition coefficient (Wildman–Crippen LogP) is 6.43. The highest BCUT2D eigenvalue weighted by Gasteiger charge is 2.22. The number of hydrogen-bond donors (Lipinski definition) is 0. The molecule has 1 amide bonds. The number of aryl methyl sites for hydroxylation is 1. The standard InChI is InChI=1S/C23H30ClNO/c1-6-19(21-15-20(16(2)3)22(24)14-17(21)4)18(5)23(26)25-12-10-8-7-9-11-13-25/h6,14-15H,2,5,7-13H2,1,3-4H3/b19-6-. The average molecular weight is 372 g/mol. The molecule has 0 aliphatic carbocycles. The first-order valence-electron chi connectivity index (χ1n) is 9.48. The molecule has 0 unspecified atom stereocenters. The van der Waals surface area contributed by atoms with Gasteiger partial charge in [0.05, 0.1) is 0 Å². The maximum Gasteiger partial charge on any atom is 0.253 e. The normalized spacial score (nSPS) is 16.0. The molecule has 1 fully saturated rings. The summed E-state index contributed by atoms with van der Waals surface area (Å²) >= 11 is 6.36. The minimum Gasteiger partial charge on any atom is -0.339 e. The molecule has 2 nitrogen and oxygen atoms in total. The number of rotatable bonds is 4. The van der Waals surface area contributed by atoms with Crippen LogP contribution in [0.4, 0.5) is 0 Å². The summed E-state index contributed by atoms with van der Waals surface area (Å²) in [4.78, 5) is 15.0. The zero-order chi connectivity index (χ0) is 19.3. The van der Waals surface area contributed by atoms with Crippen LogP contribution in [-0.4, -0.2) is 23.9 Å². The molecule has 0 spiro atoms. The Kier molecular flexibility index (Phi) is 7.28. The number of benzene rings is 1. The van der Waals surface area contributed by atoms with Gasteiger partial charge >= 0.3 is 0 Å². The second-order valence-corrected chi connectivity index (χ2v) is 7.58. The number of amides is 1. The molecule has 0 atom stereocenters. The molecule has 2 rings (SSSR count). The van der Waals surface area contributed by atoms with Crippen molar-refractivity contribution in [3.05, 3.63) is 58.7 Å². The first kappa shape index (κ1) is 20.5. The van der Waals surface area contributed by atoms with E-state index in [9.17, 15) is 4.79 Å². The van der Waals surface area contributed by atoms with Crippen LogP contribution in [0.1, 0.15) is 62.6 Å². The number of halogens is 1. The SMILES string of the molecule is C=C(C(=O)N1CCCCCCC1)/C(=C/C)c1cc(C(=C)C)c(Cl)cc1C. The third-order valence-electron chi connectivity index (χ3n) is 5.08. The van der Waals surface area contributed by atoms with Gasteiger partial charge in [0.1, 0.15) is 0 Å². The molecule has 1 aromatic carbocycles. The van der Waals surface area contributed by atoms with Gasteiger partial charge in [0, 0.05) is 23.7 Å². The molecule has 0 bridgehead atoms. The highest BCUT2D eigenvalue weighted by atomic mass is 35.5. The van der Waals surface area contributed by atoms with Crippen LogP contribution >= 0.6 is 11.6 Å². The summed E-state index contributed by atoms with van der Waals surface area (Å²) in [6, 6.07) is 3.97. The van der Waals surface area contributed by atoms with Gasteiger partial charge in [0.15, 0.2) is 0 Å². The Morgan fingerprint density at radius 2 is 1.65 bits per heavy atom. The first-order chi connectivity index (χ1) is 12.4. The average Bonchev–Trinajstić information content (AvgIpc) is 2.56. The second kappa shape index (κ2) is 9.23. The summed E-state index contributed by atoms with van der Waals surface area (Å²) in [5.41, 5.74) is 5.31. The lowest BCUT2D eigenvalue weighted by molar-refractivity contribution is -0.127. The highest BCUT2D eigenvalue weighted by molar-refractivity contribution is 6.32. The molecule has 1 aromatic rings. The topological polar surface area (TPSA) is 20.3 Å². The molecular formula is C23H30ClNO. The van der Waals surface area contributed by atoms with E-state index < -0.39 is 0 Å². The summed E-state index contributed by atoms with van der Waals surface area (Å²) in [6.07, 6.45) is 7.80. The third kappa shape index (κ3) is 4.67. The van der Waals surface area contributed by atoms with Crippen molar-refractivity contribution in [3.8, 4) is 0 Å². The number of allylic oxidation sites excluding steroid dienone is 2. The van der Waals surface area contributed by atoms with Crippen molar-refractivity contribution >= 4 is 28.7 Å². The molecular weight excluding hydrogens is 342 g/mol. The summed E-state index contributed by atoms with van der Waals surface area (Å²) in [5.74, 6) is 0.0474. The Balaban J connectivity index is 2.33. The van der Waals surface area contributed by atoms with E-state index in [4.69, 9.17) is 11.6 Å². The molecule has 0 saturated carbocycles. The van der Waals surface area contributed by atoms with Crippen molar-refractivity contribution in [2.75, 3.05) is 13.1 Å². The predicted molar refractivity (Wildman–Crippen MR) is 113 cm³/mol. The van der Waals surface area contributed by atoms with Crippen LogP contribution < -0.4 is 0 Å². The van der Waals surface area contributed by atoms with Gasteiger partial charge in [-0.05, 0) is 73.6 Å². The zero-order valence-corrected chi connectivity index (χ0v) is 17.1. The summed E-state index contributed by atoms with van der Waals surface area (Å²) in [7, 11) is 0. The van der Waals surface area contributed by atoms with Gasteiger partial charge in [-0.25, -0.2) is 0 Å². The smallest absolute Gasteiger partial charge is 0.253 e. The minimum atomic E-state index is 0.0474. The minimum absolute atomic E-state index is 0.0474. The van der Waals surface area contributed by atoms with Gasteiger partial charge in [-0.3, -0.25) is 4.79 Å². The fourth-order valence-electron chi connectivity index (χ4n) is 3.54. The van der Waals surface area contributed by atoms with Crippen molar-refractivity contribution in [1.82, 2.24) is 4.90 Å². The van der Waals surface area contributed by atoms with Crippen LogP contribution in [0.15, 0.2) is 36.9 Å². The molecule has 0 N–H and O–H groups in total. The Labute approximate surface area is 163 Å². The number of hydrogen-bond acceptors (Lipinski definition) is 1. The van der Waals surface area contributed by atoms with Crippen LogP contribution in [-0.2, 0) is 4.79 Å². The van der Waals surface area contributed by atoms with Crippen LogP contribution in [0.5, 0.6) is 0 Å². The number of carbonyl (C=O) groups is 1. The second-order valence-electron chi connectivity index (χ2n) is 7.17. The lowest BCUT2D eigenvalue weighted by atomic mass is 9.91. The Morgan fingerprint density at radius 1 is 1.08 bits per heavy atom. The lowest BCUT2D eigenvalue weighted by Gasteiger charge is -2.26. The first-order valence-corrected chi connectivity index (χ1v) is 9.85. The van der Waals surface area contributed by atoms with Crippen molar-refractivity contribution in [1.29, 1.82) is 0 Å². The molecule has 0 aromatic heterocycles. The van der Waals surface area contributed by atoms with E-state index in [0.717, 1.165) is 53.8 Å². The van der Waals surface area contributed by atoms with E-state index in [0.29, 0.717) is 10.6 Å². The van der Waals surface area contributed by atoms with Gasteiger partial charge in [0.2, 0.25) is 0 Å². The van der Waals surface area contributed by atoms with Crippen LogP contribution in [0.25, 0.3) is 11.1 Å². The highest BCUT2D eigenvalue weighted by Crippen LogP contribution is 2.33. The van der Waals surface area contributed by atoms with Crippen molar-refractivity contribution in [3.63, 3.8) is 0 Å². The fraction of sp³-hybridized carbons (Fsp3) is 0.435. The molecule has 1 aliphatic heterocycles. The van der Waals surface area contributed by atoms with E-state index in [1.165, 1.54) is 19.3 Å². The van der Waals surface area contributed by atoms with Crippen LogP contribution in [0, 0.1) is 6.92 Å². The van der Waals surface area contributed by atoms with Crippen LogP contribution in [0.3, 0.4) is 0 Å². The van der Waals surface area contributed by atoms with Gasteiger partial charge in [-0.15, -0.1) is 0 Å². The molecule has 1 aliphatic rings. The van der Waals surface area contributed by atoms with Gasteiger partial charge in [-0.2, -0.15) is 0 Å². The maximum absolute atomic E-state index is 13.1. The quantitative estimate of drug-likeness (QED) is 0.441. The molecule has 1 saturated heterocycles. The number of likely N-dealkylation sites (tertiary alicyclic amines) is 1. The zero-order valence-electron chi connectivity index (χ0n) is 16.3. The van der Waals surface area contributed by atoms with E-state index in [1.54, 1.807) is 0 Å². The van der Waals surface area contributed by atoms with E-state index >= 15 is 0 Å². The van der Waals surface area contributed by atoms with Gasteiger partial charge in [-0.1, -0.05) is 50.1 Å². The molecule has 0 radical (unpaired) electrons. The largest absolute Gasteiger partial charge is 0.339 e. The monoisotopic (exact) mass is 371 g/mol. The number of carbonyl (C=O) groups excluding carboxylic acids is 1. The van der Waals surface area contributed by atoms with E-state index in [2.05, 4.69) is 13.2 Å². The van der Waals surface area contributed by atoms with Gasteiger partial charge < -0.3 is 4.90 Å². The van der Waals surface area contributed by atoms with E-state index in [-0.39, 0.29) is 5.91 Å². The molecule has 3 heteroatoms. The third-order valence-corrected chi connectivity index (χ3v) is 5.39. The molecule has 140 valence electrons. The van der Waals surface area contributed by atoms with Gasteiger partial charge in [0.25, 0.3) is 5.91 Å². The van der Waals surface area contributed by atoms with Crippen molar-refractivity contribution < 1.29 is 4.79 Å². The van der Waals surface area contributed by atoms with Crippen molar-refractivity contribution in [2.45, 2.75) is 52.9 Å². The van der Waals surface area contributed by atoms with Crippen LogP contribution in [0.2, 0.25) is 5.02 Å². The fourth-order valence-corrected chi connectivity index (χ4v) is 3.92. The Hall–Kier alpha value is -1.80. The van der Waals surface area contributed by atoms with Crippen molar-refractivity contribution in [2.24, 2.45) is 0 Å². The molecule has 26 heavy (non-hydrogen) atoms. The van der Waals surface area contributed by atoms with E-state index in [1.807, 2.05) is 43.9 Å². The summed E-state index contributed by atoms with van der Waals surface area (Å²) < 4.78 is 0. The Bertz CT molecular complexity index is 737.